The van der Waals surface area contributed by atoms with Crippen LogP contribution in [-0.2, 0) is 29.0 Å². The van der Waals surface area contributed by atoms with Crippen LogP contribution in [0.5, 0.6) is 0 Å². The molecule has 1 N–H and O–H groups in total. The zero-order valence-corrected chi connectivity index (χ0v) is 16.6. The van der Waals surface area contributed by atoms with E-state index >= 15 is 0 Å². The van der Waals surface area contributed by atoms with Gasteiger partial charge in [-0.2, -0.15) is 0 Å². The lowest BCUT2D eigenvalue weighted by Gasteiger charge is -2.29. The fourth-order valence-electron chi connectivity index (χ4n) is 3.96. The topological polar surface area (TPSA) is 83.1 Å². The monoisotopic (exact) mass is 390 g/mol. The van der Waals surface area contributed by atoms with Gasteiger partial charge in [-0.1, -0.05) is 6.92 Å². The summed E-state index contributed by atoms with van der Waals surface area (Å²) in [6.07, 6.45) is 7.50. The first kappa shape index (κ1) is 20.5. The maximum atomic E-state index is 11.6. The molecule has 0 bridgehead atoms. The van der Waals surface area contributed by atoms with E-state index in [1.165, 1.54) is 6.26 Å². The molecule has 26 heavy (non-hydrogen) atoms. The van der Waals surface area contributed by atoms with Gasteiger partial charge in [-0.15, -0.1) is 0 Å². The summed E-state index contributed by atoms with van der Waals surface area (Å²) in [4.78, 5) is 0. The Hall–Kier alpha value is -0.250. The fourth-order valence-corrected chi connectivity index (χ4v) is 4.44. The molecule has 0 aromatic carbocycles. The molecule has 3 aliphatic rings. The third-order valence-corrected chi connectivity index (χ3v) is 6.16. The van der Waals surface area contributed by atoms with E-state index < -0.39 is 10.0 Å². The van der Waals surface area contributed by atoms with E-state index in [1.807, 2.05) is 6.92 Å². The number of hydrogen-bond donors (Lipinski definition) is 1. The van der Waals surface area contributed by atoms with Crippen LogP contribution >= 0.6 is 0 Å². The summed E-state index contributed by atoms with van der Waals surface area (Å²) >= 11 is 0. The zero-order valence-electron chi connectivity index (χ0n) is 15.8. The molecule has 5 unspecified atom stereocenters. The highest BCUT2D eigenvalue weighted by Crippen LogP contribution is 2.40. The molecular weight excluding hydrogens is 358 g/mol. The highest BCUT2D eigenvalue weighted by Gasteiger charge is 2.45. The van der Waals surface area contributed by atoms with Crippen molar-refractivity contribution in [3.8, 4) is 0 Å². The Morgan fingerprint density at radius 3 is 2.19 bits per heavy atom. The molecule has 3 fully saturated rings. The lowest BCUT2D eigenvalue weighted by atomic mass is 9.95. The minimum Gasteiger partial charge on any atom is -0.353 e. The van der Waals surface area contributed by atoms with Gasteiger partial charge in [0.2, 0.25) is 10.0 Å². The molecule has 2 saturated heterocycles. The van der Waals surface area contributed by atoms with Crippen molar-refractivity contribution in [1.82, 2.24) is 4.72 Å². The normalized spacial score (nSPS) is 37.1. The summed E-state index contributed by atoms with van der Waals surface area (Å²) in [7, 11) is -3.25. The molecule has 151 valence electrons. The van der Waals surface area contributed by atoms with E-state index in [1.54, 1.807) is 0 Å². The second-order valence-electron chi connectivity index (χ2n) is 7.60. The largest absolute Gasteiger partial charge is 0.353 e. The smallest absolute Gasteiger partial charge is 0.208 e. The fraction of sp³-hybridized carbons (Fsp3) is 0.944. The quantitative estimate of drug-likeness (QED) is 0.716. The third-order valence-electron chi connectivity index (χ3n) is 5.47. The van der Waals surface area contributed by atoms with Gasteiger partial charge >= 0.3 is 0 Å². The van der Waals surface area contributed by atoms with Gasteiger partial charge in [-0.05, 0) is 38.5 Å². The molecule has 0 aromatic rings. The first-order valence-corrected chi connectivity index (χ1v) is 11.6. The van der Waals surface area contributed by atoms with Gasteiger partial charge in [-0.3, -0.25) is 0 Å². The van der Waals surface area contributed by atoms with Crippen LogP contribution in [0.2, 0.25) is 0 Å². The second-order valence-corrected chi connectivity index (χ2v) is 9.43. The Labute approximate surface area is 157 Å². The van der Waals surface area contributed by atoms with Crippen LogP contribution in [0.15, 0.2) is 0 Å². The molecule has 1 aliphatic carbocycles. The molecule has 8 heteroatoms. The minimum absolute atomic E-state index is 0.0242. The number of nitrogens with one attached hydrogen (secondary N) is 1. The molecule has 1 saturated carbocycles. The Morgan fingerprint density at radius 1 is 1.04 bits per heavy atom. The SMILES string of the molecule is C[C]1C(OC2CCCCO2)CC(OC2CCCCO2)C1CNS(C)(=O)=O. The first-order valence-electron chi connectivity index (χ1n) is 9.74. The van der Waals surface area contributed by atoms with E-state index in [-0.39, 0.29) is 30.7 Å². The Balaban J connectivity index is 1.62. The van der Waals surface area contributed by atoms with Gasteiger partial charge in [0, 0.05) is 38.0 Å². The number of sulfonamides is 1. The van der Waals surface area contributed by atoms with Gasteiger partial charge in [-0.25, -0.2) is 13.1 Å². The average molecular weight is 391 g/mol. The summed E-state index contributed by atoms with van der Waals surface area (Å²) in [5.41, 5.74) is 0. The minimum atomic E-state index is -3.25. The van der Waals surface area contributed by atoms with Crippen molar-refractivity contribution in [3.05, 3.63) is 5.92 Å². The first-order chi connectivity index (χ1) is 12.4. The Morgan fingerprint density at radius 2 is 1.65 bits per heavy atom. The predicted octanol–water partition coefficient (Wildman–Crippen LogP) is 1.97. The molecule has 1 radical (unpaired) electrons. The second kappa shape index (κ2) is 9.30. The van der Waals surface area contributed by atoms with E-state index in [0.29, 0.717) is 13.0 Å². The Bertz CT molecular complexity index is 530. The molecule has 3 rings (SSSR count). The molecule has 2 aliphatic heterocycles. The van der Waals surface area contributed by atoms with Gasteiger partial charge in [0.25, 0.3) is 0 Å². The van der Waals surface area contributed by atoms with Crippen LogP contribution in [-0.4, -0.2) is 59.2 Å². The summed E-state index contributed by atoms with van der Waals surface area (Å²) in [6.45, 7) is 3.83. The van der Waals surface area contributed by atoms with Crippen molar-refractivity contribution in [2.45, 2.75) is 76.7 Å². The van der Waals surface area contributed by atoms with Crippen LogP contribution < -0.4 is 4.72 Å². The highest BCUT2D eigenvalue weighted by molar-refractivity contribution is 7.88. The van der Waals surface area contributed by atoms with Crippen molar-refractivity contribution in [1.29, 1.82) is 0 Å². The van der Waals surface area contributed by atoms with Gasteiger partial charge < -0.3 is 18.9 Å². The van der Waals surface area contributed by atoms with Crippen LogP contribution in [0.3, 0.4) is 0 Å². The molecule has 0 spiro atoms. The third kappa shape index (κ3) is 5.87. The van der Waals surface area contributed by atoms with Crippen molar-refractivity contribution >= 4 is 10.0 Å². The Kier molecular flexibility index (Phi) is 7.32. The summed E-state index contributed by atoms with van der Waals surface area (Å²) in [5.74, 6) is 1.10. The summed E-state index contributed by atoms with van der Waals surface area (Å²) in [5, 5.41) is 0. The summed E-state index contributed by atoms with van der Waals surface area (Å²) in [6, 6.07) is 0. The van der Waals surface area contributed by atoms with Crippen LogP contribution in [0.4, 0.5) is 0 Å². The van der Waals surface area contributed by atoms with Crippen LogP contribution in [0, 0.1) is 11.8 Å². The van der Waals surface area contributed by atoms with Gasteiger partial charge in [0.05, 0.1) is 18.5 Å². The van der Waals surface area contributed by atoms with Crippen molar-refractivity contribution in [2.75, 3.05) is 26.0 Å². The van der Waals surface area contributed by atoms with E-state index in [4.69, 9.17) is 18.9 Å². The van der Waals surface area contributed by atoms with Crippen LogP contribution in [0.25, 0.3) is 0 Å². The van der Waals surface area contributed by atoms with E-state index in [2.05, 4.69) is 4.72 Å². The maximum absolute atomic E-state index is 11.6. The lowest BCUT2D eigenvalue weighted by molar-refractivity contribution is -0.202. The van der Waals surface area contributed by atoms with E-state index in [0.717, 1.165) is 57.7 Å². The zero-order chi connectivity index (χ0) is 18.6. The molecule has 0 amide bonds. The number of rotatable bonds is 7. The molecule has 5 atom stereocenters. The average Bonchev–Trinajstić information content (AvgIpc) is 2.89. The standard InChI is InChI=1S/C18H32NO6S/c1-13-14(12-19-26(2,20)21)16(25-18-8-4-6-10-23-18)11-15(13)24-17-7-3-5-9-22-17/h14-19H,3-12H2,1-2H3. The van der Waals surface area contributed by atoms with Crippen molar-refractivity contribution < 1.29 is 27.4 Å². The van der Waals surface area contributed by atoms with Crippen molar-refractivity contribution in [3.63, 3.8) is 0 Å². The van der Waals surface area contributed by atoms with Crippen LogP contribution in [0.1, 0.15) is 51.9 Å². The summed E-state index contributed by atoms with van der Waals surface area (Å²) < 4.78 is 49.6. The van der Waals surface area contributed by atoms with E-state index in [9.17, 15) is 8.42 Å². The molecular formula is C18H32NO6S. The highest BCUT2D eigenvalue weighted by atomic mass is 32.2. The maximum Gasteiger partial charge on any atom is 0.208 e. The van der Waals surface area contributed by atoms with Gasteiger partial charge in [0.1, 0.15) is 0 Å². The predicted molar refractivity (Wildman–Crippen MR) is 96.8 cm³/mol. The number of ether oxygens (including phenoxy) is 4. The lowest BCUT2D eigenvalue weighted by Crippen LogP contribution is -2.37. The van der Waals surface area contributed by atoms with Gasteiger partial charge in [0.15, 0.2) is 12.6 Å². The van der Waals surface area contributed by atoms with Crippen molar-refractivity contribution in [2.24, 2.45) is 5.92 Å². The molecule has 2 heterocycles. The number of hydrogen-bond acceptors (Lipinski definition) is 6. The molecule has 0 aromatic heterocycles. The molecule has 7 nitrogen and oxygen atoms in total.